The number of nitrogens with zero attached hydrogens (tertiary/aromatic N) is 13. The Balaban J connectivity index is 0.000000116. The zero-order valence-electron chi connectivity index (χ0n) is 81.2. The van der Waals surface area contributed by atoms with Crippen LogP contribution in [0.1, 0.15) is 0 Å². The van der Waals surface area contributed by atoms with Gasteiger partial charge in [0.25, 0.3) is 0 Å². The van der Waals surface area contributed by atoms with Gasteiger partial charge in [0.15, 0.2) is 29.1 Å². The molecule has 27 rings (SSSR count). The summed E-state index contributed by atoms with van der Waals surface area (Å²) >= 11 is 0. The predicted molar refractivity (Wildman–Crippen MR) is 614 cm³/mol. The molecule has 0 saturated heterocycles. The van der Waals surface area contributed by atoms with E-state index in [4.69, 9.17) is 64.8 Å². The highest BCUT2D eigenvalue weighted by Gasteiger charge is 2.25. The van der Waals surface area contributed by atoms with E-state index in [1.807, 2.05) is 194 Å². The quantitative estimate of drug-likeness (QED) is 0.0745. The summed E-state index contributed by atoms with van der Waals surface area (Å²) in [4.78, 5) is 67.5. The largest absolute Gasteiger partial charge is 0.245 e. The molecule has 13 nitrogen and oxygen atoms in total. The molecule has 0 spiro atoms. The van der Waals surface area contributed by atoms with E-state index in [-0.39, 0.29) is 0 Å². The molecular weight excluding hydrogens is 1830 g/mol. The van der Waals surface area contributed by atoms with Gasteiger partial charge in [0.1, 0.15) is 0 Å². The molecule has 0 saturated carbocycles. The molecule has 0 radical (unpaired) electrons. The maximum atomic E-state index is 5.29. The number of aromatic nitrogens is 13. The summed E-state index contributed by atoms with van der Waals surface area (Å²) < 4.78 is 0. The van der Waals surface area contributed by atoms with Gasteiger partial charge in [-0.1, -0.05) is 491 Å². The van der Waals surface area contributed by atoms with Gasteiger partial charge in [-0.3, -0.25) is 0 Å². The van der Waals surface area contributed by atoms with Gasteiger partial charge in [0, 0.05) is 116 Å². The summed E-state index contributed by atoms with van der Waals surface area (Å²) in [6.45, 7) is 0. The van der Waals surface area contributed by atoms with Crippen molar-refractivity contribution in [3.63, 3.8) is 0 Å². The Hall–Kier alpha value is -20.4. The van der Waals surface area contributed by atoms with Crippen molar-refractivity contribution in [1.82, 2.24) is 64.8 Å². The van der Waals surface area contributed by atoms with Crippen LogP contribution >= 0.6 is 0 Å². The van der Waals surface area contributed by atoms with Crippen molar-refractivity contribution in [2.24, 2.45) is 0 Å². The van der Waals surface area contributed by atoms with Crippen molar-refractivity contribution < 1.29 is 0 Å². The topological polar surface area (TPSA) is 168 Å². The molecular formula is C137H89N13. The van der Waals surface area contributed by atoms with E-state index in [1.165, 1.54) is 11.1 Å². The lowest BCUT2D eigenvalue weighted by Crippen LogP contribution is -2.02. The van der Waals surface area contributed by atoms with Gasteiger partial charge in [-0.25, -0.2) is 64.8 Å². The van der Waals surface area contributed by atoms with Gasteiger partial charge in [-0.2, -0.15) is 0 Å². The smallest absolute Gasteiger partial charge is 0.164 e. The van der Waals surface area contributed by atoms with Crippen LogP contribution < -0.4 is 0 Å². The number of pyridine rings is 6. The number of fused-ring (bicyclic) bond motifs is 9. The van der Waals surface area contributed by atoms with Crippen LogP contribution in [0.25, 0.3) is 268 Å². The molecule has 0 N–H and O–H groups in total. The summed E-state index contributed by atoms with van der Waals surface area (Å²) in [5.74, 6) is 3.11. The number of benzene rings is 18. The van der Waals surface area contributed by atoms with Crippen molar-refractivity contribution >= 4 is 65.4 Å². The molecule has 9 aromatic heterocycles. The SMILES string of the molecule is c1ccc(-c2ccc(-c3cc(-c4cc(-c5ccccc5)nc5c4ccc4ccc(-c6ccccc6)nc45)nc(-c4ccccc4)n3)cc2)cc1.c1ccc(-c2ccc(-c3nc(-c4ccccc4)cc(-c4cc(-c5ccccc5)nc5c4ccc4ccc(-c6ccccc6)nc45)n3)cc2)cc1.c1ccc(-c2ccc(-c3nc(-c4ccccc4)nc(-c4cc(-c5ccccc5)nc5c4ccc4ccc(-c6ccccc6)nc45)n3)cc2)cc1. The maximum Gasteiger partial charge on any atom is 0.164 e. The maximum absolute atomic E-state index is 5.29. The molecule has 150 heavy (non-hydrogen) atoms. The highest BCUT2D eigenvalue weighted by atomic mass is 15.0. The van der Waals surface area contributed by atoms with Crippen LogP contribution in [0.4, 0.5) is 0 Å². The minimum atomic E-state index is 0.573. The fourth-order valence-electron chi connectivity index (χ4n) is 19.4. The first-order chi connectivity index (χ1) is 74.3. The molecule has 0 aliphatic rings. The standard InChI is InChI=1S/2C46H30N4.C45H29N5/c1-5-13-31(14-6-1)32-21-23-35(24-22-32)42-30-43(50-46(49-42)37-19-11-4-12-20-37)39-29-41(34-17-9-3-10-18-34)48-45-38(39)27-25-36-26-28-40(47-44(36)45)33-15-7-2-8-16-33;1-5-13-31(14-6-1)32-21-23-37(24-22-32)46-49-42(35-19-11-4-12-20-35)30-43(50-46)39-29-41(34-17-9-3-10-18-34)48-45-38(39)27-25-36-26-28-40(47-44(36)45)33-15-7-2-8-16-33;1-5-13-30(14-6-1)31-21-23-36(24-22-31)44-48-43(35-19-11-4-12-20-35)49-45(50-44)38-29-40(33-17-9-3-10-18-33)47-42-37(38)27-25-34-26-28-39(46-41(34)42)32-15-7-2-8-16-32/h2*1-30H;1-29H. The minimum Gasteiger partial charge on any atom is -0.245 e. The first-order valence-electron chi connectivity index (χ1n) is 50.1. The predicted octanol–water partition coefficient (Wildman–Crippen LogP) is 34.1. The molecule has 0 amide bonds. The molecule has 18 aromatic carbocycles. The summed E-state index contributed by atoms with van der Waals surface area (Å²) in [6, 6.07) is 185. The Bertz CT molecular complexity index is 8700. The highest BCUT2D eigenvalue weighted by Crippen LogP contribution is 2.44. The van der Waals surface area contributed by atoms with Gasteiger partial charge in [-0.05, 0) is 81.9 Å². The van der Waals surface area contributed by atoms with E-state index in [9.17, 15) is 0 Å². The Morgan fingerprint density at radius 2 is 0.267 bits per heavy atom. The Kier molecular flexibility index (Phi) is 24.9. The molecule has 0 atom stereocenters. The third kappa shape index (κ3) is 19.1. The summed E-state index contributed by atoms with van der Waals surface area (Å²) in [6.07, 6.45) is 0. The molecule has 13 heteroatoms. The lowest BCUT2D eigenvalue weighted by molar-refractivity contribution is 1.08. The van der Waals surface area contributed by atoms with Crippen LogP contribution in [-0.2, 0) is 0 Å². The van der Waals surface area contributed by atoms with Crippen molar-refractivity contribution in [3.8, 4) is 203 Å². The number of hydrogen-bond donors (Lipinski definition) is 0. The van der Waals surface area contributed by atoms with Crippen LogP contribution in [0.5, 0.6) is 0 Å². The minimum absolute atomic E-state index is 0.573. The molecule has 0 fully saturated rings. The summed E-state index contributed by atoms with van der Waals surface area (Å²) in [7, 11) is 0. The fourth-order valence-corrected chi connectivity index (χ4v) is 19.4. The molecule has 9 heterocycles. The second kappa shape index (κ2) is 41.1. The molecule has 0 unspecified atom stereocenters. The van der Waals surface area contributed by atoms with Gasteiger partial charge >= 0.3 is 0 Å². The zero-order valence-corrected chi connectivity index (χ0v) is 81.2. The van der Waals surface area contributed by atoms with E-state index in [0.717, 1.165) is 228 Å². The van der Waals surface area contributed by atoms with Crippen LogP contribution in [0.15, 0.2) is 540 Å². The highest BCUT2D eigenvalue weighted by molar-refractivity contribution is 6.13. The van der Waals surface area contributed by atoms with Crippen molar-refractivity contribution in [2.45, 2.75) is 0 Å². The second-order valence-corrected chi connectivity index (χ2v) is 36.7. The second-order valence-electron chi connectivity index (χ2n) is 36.7. The van der Waals surface area contributed by atoms with Crippen molar-refractivity contribution in [1.29, 1.82) is 0 Å². The molecule has 702 valence electrons. The van der Waals surface area contributed by atoms with Crippen LogP contribution in [0.3, 0.4) is 0 Å². The van der Waals surface area contributed by atoms with Crippen LogP contribution in [0, 0.1) is 0 Å². The van der Waals surface area contributed by atoms with E-state index in [0.29, 0.717) is 29.1 Å². The zero-order chi connectivity index (χ0) is 99.8. The average Bonchev–Trinajstić information content (AvgIpc) is 0.751. The average molecular weight is 1920 g/mol. The van der Waals surface area contributed by atoms with Crippen LogP contribution in [-0.4, -0.2) is 64.8 Å². The monoisotopic (exact) mass is 1920 g/mol. The van der Waals surface area contributed by atoms with E-state index < -0.39 is 0 Å². The fraction of sp³-hybridized carbons (Fsp3) is 0. The Morgan fingerprint density at radius 3 is 0.547 bits per heavy atom. The van der Waals surface area contributed by atoms with Crippen molar-refractivity contribution in [3.05, 3.63) is 540 Å². The van der Waals surface area contributed by atoms with E-state index in [2.05, 4.69) is 346 Å². The van der Waals surface area contributed by atoms with Gasteiger partial charge < -0.3 is 0 Å². The molecule has 0 aliphatic carbocycles. The molecule has 27 aromatic rings. The van der Waals surface area contributed by atoms with Gasteiger partial charge in [0.05, 0.1) is 90.0 Å². The Labute approximate surface area is 867 Å². The van der Waals surface area contributed by atoms with Crippen LogP contribution in [0.2, 0.25) is 0 Å². The normalized spacial score (nSPS) is 11.2. The Morgan fingerprint density at radius 1 is 0.0933 bits per heavy atom. The van der Waals surface area contributed by atoms with Gasteiger partial charge in [-0.15, -0.1) is 0 Å². The van der Waals surface area contributed by atoms with E-state index >= 15 is 0 Å². The molecule has 0 aliphatic heterocycles. The third-order valence-corrected chi connectivity index (χ3v) is 27.1. The molecule has 0 bridgehead atoms. The van der Waals surface area contributed by atoms with Crippen molar-refractivity contribution in [2.75, 3.05) is 0 Å². The summed E-state index contributed by atoms with van der Waals surface area (Å²) in [5.41, 5.74) is 35.4. The lowest BCUT2D eigenvalue weighted by atomic mass is 9.98. The van der Waals surface area contributed by atoms with E-state index in [1.54, 1.807) is 0 Å². The third-order valence-electron chi connectivity index (χ3n) is 27.1. The summed E-state index contributed by atoms with van der Waals surface area (Å²) in [5, 5.41) is 5.97. The van der Waals surface area contributed by atoms with Gasteiger partial charge in [0.2, 0.25) is 0 Å². The number of rotatable bonds is 18. The first kappa shape index (κ1) is 90.8. The first-order valence-corrected chi connectivity index (χ1v) is 50.1. The lowest BCUT2D eigenvalue weighted by Gasteiger charge is -2.14. The number of hydrogen-bond acceptors (Lipinski definition) is 13.